The molecule has 2 heterocycles. The van der Waals surface area contributed by atoms with Crippen LogP contribution in [0.25, 0.3) is 11.0 Å². The summed E-state index contributed by atoms with van der Waals surface area (Å²) in [5, 5.41) is 2.92. The molecule has 7 heteroatoms. The van der Waals surface area contributed by atoms with Gasteiger partial charge in [0.15, 0.2) is 0 Å². The SMILES string of the molecule is Cc1ccc(NC(=O)c2cc3c(=O)[nH]c(=O)[nH]c3nc2C)cc1. The maximum atomic E-state index is 12.4. The van der Waals surface area contributed by atoms with Gasteiger partial charge in [-0.15, -0.1) is 0 Å². The molecule has 1 aromatic carbocycles. The first-order valence-corrected chi connectivity index (χ1v) is 6.96. The Hall–Kier alpha value is -3.22. The number of pyridine rings is 1. The van der Waals surface area contributed by atoms with Crippen molar-refractivity contribution in [2.75, 3.05) is 5.32 Å². The van der Waals surface area contributed by atoms with E-state index in [1.165, 1.54) is 6.07 Å². The van der Waals surface area contributed by atoms with Gasteiger partial charge in [-0.05, 0) is 32.0 Å². The lowest BCUT2D eigenvalue weighted by molar-refractivity contribution is 0.102. The smallest absolute Gasteiger partial charge is 0.322 e. The van der Waals surface area contributed by atoms with E-state index >= 15 is 0 Å². The largest absolute Gasteiger partial charge is 0.327 e. The van der Waals surface area contributed by atoms with Crippen molar-refractivity contribution in [3.63, 3.8) is 0 Å². The number of carbonyl (C=O) groups is 1. The molecule has 0 aliphatic heterocycles. The fourth-order valence-electron chi connectivity index (χ4n) is 2.25. The van der Waals surface area contributed by atoms with E-state index in [-0.39, 0.29) is 22.5 Å². The Morgan fingerprint density at radius 2 is 1.78 bits per heavy atom. The van der Waals surface area contributed by atoms with Crippen molar-refractivity contribution in [3.8, 4) is 0 Å². The Balaban J connectivity index is 2.03. The zero-order chi connectivity index (χ0) is 16.6. The second-order valence-electron chi connectivity index (χ2n) is 5.25. The van der Waals surface area contributed by atoms with Gasteiger partial charge in [-0.1, -0.05) is 17.7 Å². The van der Waals surface area contributed by atoms with Crippen LogP contribution in [0, 0.1) is 13.8 Å². The average Bonchev–Trinajstić information content (AvgIpc) is 2.48. The third-order valence-corrected chi connectivity index (χ3v) is 3.47. The minimum Gasteiger partial charge on any atom is -0.322 e. The third kappa shape index (κ3) is 2.89. The molecular weight excluding hydrogens is 296 g/mol. The number of aryl methyl sites for hydroxylation is 2. The van der Waals surface area contributed by atoms with Gasteiger partial charge in [-0.3, -0.25) is 19.6 Å². The molecule has 0 radical (unpaired) electrons. The highest BCUT2D eigenvalue weighted by molar-refractivity contribution is 6.06. The molecule has 116 valence electrons. The summed E-state index contributed by atoms with van der Waals surface area (Å²) in [5.74, 6) is -0.369. The molecule has 7 nitrogen and oxygen atoms in total. The van der Waals surface area contributed by atoms with Crippen LogP contribution in [0.2, 0.25) is 0 Å². The number of aromatic amines is 2. The summed E-state index contributed by atoms with van der Waals surface area (Å²) < 4.78 is 0. The first kappa shape index (κ1) is 14.7. The number of benzene rings is 1. The zero-order valence-electron chi connectivity index (χ0n) is 12.6. The van der Waals surface area contributed by atoms with Gasteiger partial charge in [-0.2, -0.15) is 0 Å². The Morgan fingerprint density at radius 3 is 2.48 bits per heavy atom. The molecule has 2 aromatic heterocycles. The summed E-state index contributed by atoms with van der Waals surface area (Å²) in [6.45, 7) is 3.60. The van der Waals surface area contributed by atoms with Crippen molar-refractivity contribution in [1.82, 2.24) is 15.0 Å². The van der Waals surface area contributed by atoms with Gasteiger partial charge in [-0.25, -0.2) is 9.78 Å². The molecule has 0 aliphatic rings. The van der Waals surface area contributed by atoms with Gasteiger partial charge < -0.3 is 5.32 Å². The molecule has 0 spiro atoms. The first-order chi connectivity index (χ1) is 10.9. The van der Waals surface area contributed by atoms with Crippen molar-refractivity contribution in [2.45, 2.75) is 13.8 Å². The highest BCUT2D eigenvalue weighted by atomic mass is 16.2. The van der Waals surface area contributed by atoms with Crippen LogP contribution in [-0.2, 0) is 0 Å². The van der Waals surface area contributed by atoms with Crippen molar-refractivity contribution in [2.24, 2.45) is 0 Å². The average molecular weight is 310 g/mol. The van der Waals surface area contributed by atoms with Crippen LogP contribution in [-0.4, -0.2) is 20.9 Å². The van der Waals surface area contributed by atoms with Crippen LogP contribution in [0.15, 0.2) is 39.9 Å². The number of nitrogens with zero attached hydrogens (tertiary/aromatic N) is 1. The molecule has 23 heavy (non-hydrogen) atoms. The number of aromatic nitrogens is 3. The number of rotatable bonds is 2. The second kappa shape index (κ2) is 5.53. The number of H-pyrrole nitrogens is 2. The number of carbonyl (C=O) groups excluding carboxylic acids is 1. The molecule has 0 aliphatic carbocycles. The highest BCUT2D eigenvalue weighted by Gasteiger charge is 2.14. The lowest BCUT2D eigenvalue weighted by atomic mass is 10.1. The molecule has 0 bridgehead atoms. The third-order valence-electron chi connectivity index (χ3n) is 3.47. The van der Waals surface area contributed by atoms with E-state index in [0.29, 0.717) is 11.4 Å². The minimum absolute atomic E-state index is 0.156. The molecular formula is C16H14N4O3. The van der Waals surface area contributed by atoms with Gasteiger partial charge >= 0.3 is 5.69 Å². The summed E-state index contributed by atoms with van der Waals surface area (Å²) in [4.78, 5) is 44.2. The monoisotopic (exact) mass is 310 g/mol. The zero-order valence-corrected chi connectivity index (χ0v) is 12.6. The Bertz CT molecular complexity index is 1020. The fourth-order valence-corrected chi connectivity index (χ4v) is 2.25. The van der Waals surface area contributed by atoms with Crippen LogP contribution < -0.4 is 16.6 Å². The van der Waals surface area contributed by atoms with Crippen LogP contribution in [0.1, 0.15) is 21.6 Å². The lowest BCUT2D eigenvalue weighted by Crippen LogP contribution is -2.24. The van der Waals surface area contributed by atoms with Gasteiger partial charge in [0.1, 0.15) is 5.65 Å². The topological polar surface area (TPSA) is 108 Å². The summed E-state index contributed by atoms with van der Waals surface area (Å²) in [5.41, 5.74) is 1.37. The molecule has 0 atom stereocenters. The molecule has 0 fully saturated rings. The minimum atomic E-state index is -0.633. The lowest BCUT2D eigenvalue weighted by Gasteiger charge is -2.08. The number of hydrogen-bond donors (Lipinski definition) is 3. The van der Waals surface area contributed by atoms with E-state index in [0.717, 1.165) is 5.56 Å². The van der Waals surface area contributed by atoms with E-state index in [1.807, 2.05) is 19.1 Å². The molecule has 3 rings (SSSR count). The van der Waals surface area contributed by atoms with E-state index in [2.05, 4.69) is 20.3 Å². The quantitative estimate of drug-likeness (QED) is 0.666. The van der Waals surface area contributed by atoms with E-state index < -0.39 is 11.2 Å². The number of fused-ring (bicyclic) bond motifs is 1. The maximum absolute atomic E-state index is 12.4. The van der Waals surface area contributed by atoms with Crippen molar-refractivity contribution < 1.29 is 4.79 Å². The van der Waals surface area contributed by atoms with Crippen LogP contribution in [0.3, 0.4) is 0 Å². The van der Waals surface area contributed by atoms with E-state index in [4.69, 9.17) is 0 Å². The number of hydrogen-bond acceptors (Lipinski definition) is 4. The van der Waals surface area contributed by atoms with Gasteiger partial charge in [0, 0.05) is 5.69 Å². The van der Waals surface area contributed by atoms with Crippen molar-refractivity contribution in [1.29, 1.82) is 0 Å². The van der Waals surface area contributed by atoms with Gasteiger partial charge in [0.2, 0.25) is 0 Å². The van der Waals surface area contributed by atoms with E-state index in [1.54, 1.807) is 19.1 Å². The second-order valence-corrected chi connectivity index (χ2v) is 5.25. The predicted octanol–water partition coefficient (Wildman–Crippen LogP) is 1.48. The predicted molar refractivity (Wildman–Crippen MR) is 86.9 cm³/mol. The molecule has 3 N–H and O–H groups in total. The summed E-state index contributed by atoms with van der Waals surface area (Å²) >= 11 is 0. The first-order valence-electron chi connectivity index (χ1n) is 6.96. The summed E-state index contributed by atoms with van der Waals surface area (Å²) in [6, 6.07) is 8.78. The standard InChI is InChI=1S/C16H14N4O3/c1-8-3-5-10(6-4-8)18-14(21)11-7-12-13(17-9(11)2)19-16(23)20-15(12)22/h3-7H,1-2H3,(H,18,21)(H2,17,19,20,22,23). The number of nitrogens with one attached hydrogen (secondary N) is 3. The molecule has 1 amide bonds. The maximum Gasteiger partial charge on any atom is 0.327 e. The van der Waals surface area contributed by atoms with Crippen LogP contribution >= 0.6 is 0 Å². The van der Waals surface area contributed by atoms with Gasteiger partial charge in [0.05, 0.1) is 16.6 Å². The van der Waals surface area contributed by atoms with E-state index in [9.17, 15) is 14.4 Å². The van der Waals surface area contributed by atoms with Crippen LogP contribution in [0.4, 0.5) is 5.69 Å². The summed E-state index contributed by atoms with van der Waals surface area (Å²) in [7, 11) is 0. The van der Waals surface area contributed by atoms with Crippen LogP contribution in [0.5, 0.6) is 0 Å². The Labute approximate surface area is 130 Å². The molecule has 0 unspecified atom stereocenters. The molecule has 0 saturated carbocycles. The molecule has 3 aromatic rings. The van der Waals surface area contributed by atoms with Crippen molar-refractivity contribution >= 4 is 22.6 Å². The van der Waals surface area contributed by atoms with Gasteiger partial charge in [0.25, 0.3) is 11.5 Å². The number of amides is 1. The van der Waals surface area contributed by atoms with Crippen molar-refractivity contribution in [3.05, 3.63) is 68.0 Å². The fraction of sp³-hybridized carbons (Fsp3) is 0.125. The Kier molecular flexibility index (Phi) is 3.53. The highest BCUT2D eigenvalue weighted by Crippen LogP contribution is 2.14. The summed E-state index contributed by atoms with van der Waals surface area (Å²) in [6.07, 6.45) is 0. The number of anilines is 1. The Morgan fingerprint density at radius 1 is 1.09 bits per heavy atom. The normalized spacial score (nSPS) is 10.7. The molecule has 0 saturated heterocycles.